The standard InChI is InChI=1S/C14H18N4O3S/c15-13(20)12-9-22-14(16-12)18-3-2-17(6-11(19)7-18)5-10-1-4-21-8-10/h1,4,8-9,11,19H,2-3,5-7H2,(H2,15,20)/t11-/m1/s1. The molecule has 1 amide bonds. The van der Waals surface area contributed by atoms with Crippen molar-refractivity contribution in [3.63, 3.8) is 0 Å². The van der Waals surface area contributed by atoms with Crippen LogP contribution >= 0.6 is 11.3 Å². The zero-order valence-electron chi connectivity index (χ0n) is 12.0. The average molecular weight is 322 g/mol. The second kappa shape index (κ2) is 6.47. The Morgan fingerprint density at radius 3 is 3.05 bits per heavy atom. The minimum atomic E-state index is -0.528. The molecule has 7 nitrogen and oxygen atoms in total. The number of carbonyl (C=O) groups excluding carboxylic acids is 1. The maximum Gasteiger partial charge on any atom is 0.268 e. The molecular formula is C14H18N4O3S. The Hall–Kier alpha value is -1.90. The van der Waals surface area contributed by atoms with Crippen molar-refractivity contribution >= 4 is 22.4 Å². The molecule has 3 N–H and O–H groups in total. The number of hydrogen-bond acceptors (Lipinski definition) is 7. The summed E-state index contributed by atoms with van der Waals surface area (Å²) in [6.45, 7) is 3.36. The van der Waals surface area contributed by atoms with Crippen LogP contribution in [-0.2, 0) is 6.54 Å². The Balaban J connectivity index is 1.66. The molecule has 1 aliphatic rings. The highest BCUT2D eigenvalue weighted by atomic mass is 32.1. The average Bonchev–Trinajstić information content (AvgIpc) is 3.11. The van der Waals surface area contributed by atoms with Crippen molar-refractivity contribution in [1.82, 2.24) is 9.88 Å². The van der Waals surface area contributed by atoms with Crippen molar-refractivity contribution in [2.75, 3.05) is 31.1 Å². The van der Waals surface area contributed by atoms with Gasteiger partial charge in [-0.05, 0) is 6.07 Å². The highest BCUT2D eigenvalue weighted by Gasteiger charge is 2.23. The topological polar surface area (TPSA) is 95.8 Å². The Morgan fingerprint density at radius 1 is 1.50 bits per heavy atom. The Labute approximate surface area is 132 Å². The van der Waals surface area contributed by atoms with Crippen molar-refractivity contribution < 1.29 is 14.3 Å². The first-order chi connectivity index (χ1) is 10.6. The van der Waals surface area contributed by atoms with Crippen LogP contribution in [0.2, 0.25) is 0 Å². The number of β-amino-alcohol motifs (C(OH)–C–C–N with tert-alkyl or cyclic N) is 1. The van der Waals surface area contributed by atoms with Gasteiger partial charge in [-0.3, -0.25) is 9.69 Å². The number of aliphatic hydroxyl groups is 1. The third-order valence-corrected chi connectivity index (χ3v) is 4.49. The molecule has 1 fully saturated rings. The summed E-state index contributed by atoms with van der Waals surface area (Å²) in [5, 5.41) is 12.6. The zero-order chi connectivity index (χ0) is 15.5. The lowest BCUT2D eigenvalue weighted by Crippen LogP contribution is -2.33. The quantitative estimate of drug-likeness (QED) is 0.852. The predicted molar refractivity (Wildman–Crippen MR) is 82.8 cm³/mol. The van der Waals surface area contributed by atoms with Crippen LogP contribution in [0.15, 0.2) is 28.4 Å². The molecule has 0 aromatic carbocycles. The SMILES string of the molecule is NC(=O)c1csc(N2CCN(Cc3ccoc3)C[C@@H](O)C2)n1. The zero-order valence-corrected chi connectivity index (χ0v) is 12.8. The van der Waals surface area contributed by atoms with E-state index in [2.05, 4.69) is 9.88 Å². The van der Waals surface area contributed by atoms with E-state index in [9.17, 15) is 9.90 Å². The molecule has 0 spiro atoms. The van der Waals surface area contributed by atoms with Crippen molar-refractivity contribution in [3.8, 4) is 0 Å². The maximum absolute atomic E-state index is 11.1. The van der Waals surface area contributed by atoms with Gasteiger partial charge in [-0.15, -0.1) is 11.3 Å². The lowest BCUT2D eigenvalue weighted by molar-refractivity contribution is 0.0996. The first kappa shape index (κ1) is 15.0. The van der Waals surface area contributed by atoms with Crippen LogP contribution in [0.5, 0.6) is 0 Å². The molecule has 0 bridgehead atoms. The Bertz CT molecular complexity index is 628. The number of nitrogens with zero attached hydrogens (tertiary/aromatic N) is 3. The number of anilines is 1. The van der Waals surface area contributed by atoms with Crippen LogP contribution in [0.25, 0.3) is 0 Å². The van der Waals surface area contributed by atoms with Crippen LogP contribution in [0.4, 0.5) is 5.13 Å². The normalized spacial score (nSPS) is 20.0. The summed E-state index contributed by atoms with van der Waals surface area (Å²) in [6, 6.07) is 1.93. The monoisotopic (exact) mass is 322 g/mol. The number of nitrogens with two attached hydrogens (primary N) is 1. The van der Waals surface area contributed by atoms with E-state index in [0.717, 1.165) is 30.3 Å². The van der Waals surface area contributed by atoms with Gasteiger partial charge in [0.1, 0.15) is 5.69 Å². The van der Waals surface area contributed by atoms with Crippen molar-refractivity contribution in [2.45, 2.75) is 12.6 Å². The lowest BCUT2D eigenvalue weighted by Gasteiger charge is -2.20. The molecule has 0 saturated carbocycles. The van der Waals surface area contributed by atoms with E-state index in [-0.39, 0.29) is 5.69 Å². The van der Waals surface area contributed by atoms with Gasteiger partial charge in [0.2, 0.25) is 0 Å². The van der Waals surface area contributed by atoms with Gasteiger partial charge in [0.05, 0.1) is 18.6 Å². The van der Waals surface area contributed by atoms with E-state index >= 15 is 0 Å². The summed E-state index contributed by atoms with van der Waals surface area (Å²) in [5.41, 5.74) is 6.59. The van der Waals surface area contributed by atoms with Gasteiger partial charge in [0, 0.05) is 43.7 Å². The van der Waals surface area contributed by atoms with E-state index in [1.165, 1.54) is 11.3 Å². The van der Waals surface area contributed by atoms with Gasteiger partial charge in [0.25, 0.3) is 5.91 Å². The smallest absolute Gasteiger partial charge is 0.268 e. The Kier molecular flexibility index (Phi) is 4.41. The van der Waals surface area contributed by atoms with E-state index in [1.807, 2.05) is 11.0 Å². The van der Waals surface area contributed by atoms with Gasteiger partial charge in [0.15, 0.2) is 5.13 Å². The summed E-state index contributed by atoms with van der Waals surface area (Å²) in [4.78, 5) is 19.6. The Morgan fingerprint density at radius 2 is 2.36 bits per heavy atom. The number of thiazole rings is 1. The third kappa shape index (κ3) is 3.46. The maximum atomic E-state index is 11.1. The highest BCUT2D eigenvalue weighted by molar-refractivity contribution is 7.13. The minimum Gasteiger partial charge on any atom is -0.472 e. The molecule has 1 atom stereocenters. The number of aliphatic hydroxyl groups excluding tert-OH is 1. The fourth-order valence-electron chi connectivity index (χ4n) is 2.54. The van der Waals surface area contributed by atoms with Gasteiger partial charge in [-0.1, -0.05) is 0 Å². The molecule has 0 aliphatic carbocycles. The number of carbonyl (C=O) groups is 1. The van der Waals surface area contributed by atoms with Crippen molar-refractivity contribution in [3.05, 3.63) is 35.2 Å². The number of furan rings is 1. The molecule has 1 saturated heterocycles. The summed E-state index contributed by atoms with van der Waals surface area (Å²) in [6.07, 6.45) is 2.89. The second-order valence-electron chi connectivity index (χ2n) is 5.35. The van der Waals surface area contributed by atoms with Gasteiger partial charge < -0.3 is 20.2 Å². The third-order valence-electron chi connectivity index (χ3n) is 3.59. The van der Waals surface area contributed by atoms with Crippen LogP contribution in [0.3, 0.4) is 0 Å². The molecule has 3 heterocycles. The van der Waals surface area contributed by atoms with Crippen molar-refractivity contribution in [2.24, 2.45) is 5.73 Å². The highest BCUT2D eigenvalue weighted by Crippen LogP contribution is 2.22. The van der Waals surface area contributed by atoms with E-state index < -0.39 is 12.0 Å². The van der Waals surface area contributed by atoms with Crippen LogP contribution in [0, 0.1) is 0 Å². The molecule has 1 aliphatic heterocycles. The van der Waals surface area contributed by atoms with Gasteiger partial charge in [-0.2, -0.15) is 0 Å². The van der Waals surface area contributed by atoms with Crippen LogP contribution in [0.1, 0.15) is 16.1 Å². The molecule has 2 aromatic rings. The van der Waals surface area contributed by atoms with E-state index in [4.69, 9.17) is 10.2 Å². The number of amides is 1. The molecule has 2 aromatic heterocycles. The van der Waals surface area contributed by atoms with E-state index in [0.29, 0.717) is 13.1 Å². The summed E-state index contributed by atoms with van der Waals surface area (Å²) in [7, 11) is 0. The number of rotatable bonds is 4. The van der Waals surface area contributed by atoms with Gasteiger partial charge >= 0.3 is 0 Å². The first-order valence-corrected chi connectivity index (χ1v) is 7.91. The summed E-state index contributed by atoms with van der Waals surface area (Å²) < 4.78 is 5.08. The molecular weight excluding hydrogens is 304 g/mol. The van der Waals surface area contributed by atoms with Crippen LogP contribution < -0.4 is 10.6 Å². The minimum absolute atomic E-state index is 0.272. The predicted octanol–water partition coefficient (Wildman–Crippen LogP) is 0.518. The largest absolute Gasteiger partial charge is 0.472 e. The van der Waals surface area contributed by atoms with Crippen molar-refractivity contribution in [1.29, 1.82) is 0 Å². The molecule has 0 unspecified atom stereocenters. The first-order valence-electron chi connectivity index (χ1n) is 7.03. The number of aromatic nitrogens is 1. The number of primary amides is 1. The molecule has 22 heavy (non-hydrogen) atoms. The molecule has 3 rings (SSSR count). The van der Waals surface area contributed by atoms with Crippen LogP contribution in [-0.4, -0.2) is 53.2 Å². The summed E-state index contributed by atoms with van der Waals surface area (Å²) >= 11 is 1.37. The second-order valence-corrected chi connectivity index (χ2v) is 6.18. The number of hydrogen-bond donors (Lipinski definition) is 2. The molecule has 0 radical (unpaired) electrons. The summed E-state index contributed by atoms with van der Waals surface area (Å²) in [5.74, 6) is -0.528. The fourth-order valence-corrected chi connectivity index (χ4v) is 3.39. The molecule has 8 heteroatoms. The lowest BCUT2D eigenvalue weighted by atomic mass is 10.3. The molecule has 118 valence electrons. The van der Waals surface area contributed by atoms with E-state index in [1.54, 1.807) is 17.9 Å². The fraction of sp³-hybridized carbons (Fsp3) is 0.429. The van der Waals surface area contributed by atoms with Gasteiger partial charge in [-0.25, -0.2) is 4.98 Å².